The van der Waals surface area contributed by atoms with Gasteiger partial charge in [-0.15, -0.1) is 0 Å². The van der Waals surface area contributed by atoms with Crippen molar-refractivity contribution in [3.63, 3.8) is 0 Å². The Morgan fingerprint density at radius 2 is 1.60 bits per heavy atom. The lowest BCUT2D eigenvalue weighted by Crippen LogP contribution is -2.59. The highest BCUT2D eigenvalue weighted by Gasteiger charge is 2.32. The molecule has 0 bridgehead atoms. The average molecular weight is 280 g/mol. The van der Waals surface area contributed by atoms with E-state index in [0.717, 1.165) is 29.7 Å². The van der Waals surface area contributed by atoms with Crippen LogP contribution >= 0.6 is 0 Å². The minimum Gasteiger partial charge on any atom is -0.301 e. The van der Waals surface area contributed by atoms with Crippen molar-refractivity contribution in [2.75, 3.05) is 33.2 Å². The van der Waals surface area contributed by atoms with Crippen molar-refractivity contribution in [2.45, 2.75) is 59.4 Å². The molecule has 2 nitrogen and oxygen atoms in total. The number of likely N-dealkylation sites (N-methyl/N-ethyl adjacent to an activating group) is 1. The molecule has 0 atom stereocenters. The molecule has 0 amide bonds. The number of hydrogen-bond acceptors (Lipinski definition) is 2. The normalized spacial score (nSPS) is 29.4. The van der Waals surface area contributed by atoms with Gasteiger partial charge in [0.25, 0.3) is 0 Å². The van der Waals surface area contributed by atoms with E-state index < -0.39 is 0 Å². The van der Waals surface area contributed by atoms with Gasteiger partial charge in [0.2, 0.25) is 0 Å². The third-order valence-electron chi connectivity index (χ3n) is 5.56. The van der Waals surface area contributed by atoms with Crippen LogP contribution < -0.4 is 0 Å². The van der Waals surface area contributed by atoms with Crippen molar-refractivity contribution in [1.82, 2.24) is 9.80 Å². The minimum absolute atomic E-state index is 0.813. The van der Waals surface area contributed by atoms with Gasteiger partial charge in [0, 0.05) is 32.2 Å². The van der Waals surface area contributed by atoms with Gasteiger partial charge in [-0.2, -0.15) is 0 Å². The minimum atomic E-state index is 0.813. The summed E-state index contributed by atoms with van der Waals surface area (Å²) in [5.74, 6) is 3.67. The van der Waals surface area contributed by atoms with Gasteiger partial charge in [0.15, 0.2) is 0 Å². The Labute approximate surface area is 126 Å². The van der Waals surface area contributed by atoms with E-state index in [-0.39, 0.29) is 0 Å². The Balaban J connectivity index is 1.63. The van der Waals surface area contributed by atoms with E-state index >= 15 is 0 Å². The van der Waals surface area contributed by atoms with Gasteiger partial charge in [-0.25, -0.2) is 0 Å². The van der Waals surface area contributed by atoms with Gasteiger partial charge < -0.3 is 4.90 Å². The highest BCUT2D eigenvalue weighted by atomic mass is 15.3. The van der Waals surface area contributed by atoms with Crippen LogP contribution in [-0.2, 0) is 0 Å². The molecule has 0 radical (unpaired) electrons. The molecule has 0 aromatic carbocycles. The lowest BCUT2D eigenvalue weighted by Gasteiger charge is -2.46. The maximum absolute atomic E-state index is 2.65. The second-order valence-electron chi connectivity index (χ2n) is 8.23. The lowest BCUT2D eigenvalue weighted by atomic mass is 9.77. The summed E-state index contributed by atoms with van der Waals surface area (Å²) in [6.45, 7) is 14.7. The van der Waals surface area contributed by atoms with Crippen LogP contribution in [0.1, 0.15) is 53.4 Å². The van der Waals surface area contributed by atoms with E-state index in [1.54, 1.807) is 0 Å². The smallest absolute Gasteiger partial charge is 0.0347 e. The third-order valence-corrected chi connectivity index (χ3v) is 5.56. The quantitative estimate of drug-likeness (QED) is 0.731. The number of rotatable bonds is 6. The summed E-state index contributed by atoms with van der Waals surface area (Å²) in [4.78, 5) is 5.26. The van der Waals surface area contributed by atoms with Gasteiger partial charge in [0.1, 0.15) is 0 Å². The second-order valence-corrected chi connectivity index (χ2v) is 8.23. The van der Waals surface area contributed by atoms with E-state index in [2.05, 4.69) is 44.5 Å². The van der Waals surface area contributed by atoms with Crippen LogP contribution in [0.5, 0.6) is 0 Å². The van der Waals surface area contributed by atoms with Gasteiger partial charge in [0.05, 0.1) is 0 Å². The Bertz CT molecular complexity index is 273. The van der Waals surface area contributed by atoms with Crippen LogP contribution in [0.15, 0.2) is 0 Å². The summed E-state index contributed by atoms with van der Waals surface area (Å²) in [5.41, 5.74) is 0. The number of hydrogen-bond donors (Lipinski definition) is 0. The topological polar surface area (TPSA) is 6.48 Å². The maximum Gasteiger partial charge on any atom is 0.0347 e. The van der Waals surface area contributed by atoms with Crippen LogP contribution in [0.25, 0.3) is 0 Å². The summed E-state index contributed by atoms with van der Waals surface area (Å²) >= 11 is 0. The highest BCUT2D eigenvalue weighted by Crippen LogP contribution is 2.34. The molecule has 0 unspecified atom stereocenters. The van der Waals surface area contributed by atoms with Crippen molar-refractivity contribution >= 4 is 0 Å². The molecule has 1 saturated carbocycles. The summed E-state index contributed by atoms with van der Waals surface area (Å²) < 4.78 is 0. The van der Waals surface area contributed by atoms with Crippen molar-refractivity contribution < 1.29 is 0 Å². The predicted octanol–water partition coefficient (Wildman–Crippen LogP) is 3.72. The standard InChI is InChI=1S/C18H36N2/c1-14(2)10-20-12-18(13-20)19(5)11-16-6-8-17(9-7-16)15(3)4/h14-18H,6-13H2,1-5H3. The number of nitrogens with zero attached hydrogens (tertiary/aromatic N) is 2. The van der Waals surface area contributed by atoms with Crippen molar-refractivity contribution in [3.05, 3.63) is 0 Å². The summed E-state index contributed by atoms with van der Waals surface area (Å²) in [6.07, 6.45) is 5.88. The van der Waals surface area contributed by atoms with Gasteiger partial charge in [-0.05, 0) is 56.4 Å². The molecule has 2 fully saturated rings. The van der Waals surface area contributed by atoms with Gasteiger partial charge in [-0.1, -0.05) is 27.7 Å². The summed E-state index contributed by atoms with van der Waals surface area (Å²) in [5, 5.41) is 0. The molecule has 0 aromatic heterocycles. The fourth-order valence-electron chi connectivity index (χ4n) is 4.08. The monoisotopic (exact) mass is 280 g/mol. The van der Waals surface area contributed by atoms with Crippen LogP contribution in [0.3, 0.4) is 0 Å². The fraction of sp³-hybridized carbons (Fsp3) is 1.00. The Kier molecular flexibility index (Phi) is 5.92. The zero-order valence-electron chi connectivity index (χ0n) is 14.4. The Morgan fingerprint density at radius 3 is 2.10 bits per heavy atom. The molecule has 2 aliphatic rings. The third kappa shape index (κ3) is 4.46. The van der Waals surface area contributed by atoms with Crippen molar-refractivity contribution in [2.24, 2.45) is 23.7 Å². The zero-order chi connectivity index (χ0) is 14.7. The number of likely N-dealkylation sites (tertiary alicyclic amines) is 1. The molecule has 118 valence electrons. The average Bonchev–Trinajstić information content (AvgIpc) is 2.33. The molecule has 1 aliphatic carbocycles. The molecule has 1 heterocycles. The molecule has 0 aromatic rings. The van der Waals surface area contributed by atoms with Crippen LogP contribution in [0, 0.1) is 23.7 Å². The first kappa shape index (κ1) is 16.3. The Morgan fingerprint density at radius 1 is 1.00 bits per heavy atom. The molecular weight excluding hydrogens is 244 g/mol. The largest absolute Gasteiger partial charge is 0.301 e. The van der Waals surface area contributed by atoms with E-state index in [0.29, 0.717) is 0 Å². The first-order valence-electron chi connectivity index (χ1n) is 8.88. The van der Waals surface area contributed by atoms with Gasteiger partial charge >= 0.3 is 0 Å². The Hall–Kier alpha value is -0.0800. The maximum atomic E-state index is 2.65. The molecule has 0 spiro atoms. The van der Waals surface area contributed by atoms with E-state index in [4.69, 9.17) is 0 Å². The molecule has 0 N–H and O–H groups in total. The molecule has 2 rings (SSSR count). The molecule has 1 aliphatic heterocycles. The summed E-state index contributed by atoms with van der Waals surface area (Å²) in [7, 11) is 2.35. The zero-order valence-corrected chi connectivity index (χ0v) is 14.4. The first-order valence-corrected chi connectivity index (χ1v) is 8.88. The van der Waals surface area contributed by atoms with Crippen molar-refractivity contribution in [3.8, 4) is 0 Å². The predicted molar refractivity (Wildman–Crippen MR) is 88.0 cm³/mol. The molecule has 1 saturated heterocycles. The second kappa shape index (κ2) is 7.26. The SMILES string of the molecule is CC(C)CN1CC(N(C)CC2CCC(C(C)C)CC2)C1. The highest BCUT2D eigenvalue weighted by molar-refractivity contribution is 4.88. The van der Waals surface area contributed by atoms with E-state index in [1.807, 2.05) is 0 Å². The molecule has 2 heteroatoms. The van der Waals surface area contributed by atoms with E-state index in [9.17, 15) is 0 Å². The van der Waals surface area contributed by atoms with Gasteiger partial charge in [-0.3, -0.25) is 4.90 Å². The van der Waals surface area contributed by atoms with Crippen LogP contribution in [-0.4, -0.2) is 49.1 Å². The van der Waals surface area contributed by atoms with Crippen LogP contribution in [0.4, 0.5) is 0 Å². The van der Waals surface area contributed by atoms with E-state index in [1.165, 1.54) is 51.9 Å². The first-order chi connectivity index (χ1) is 9.45. The van der Waals surface area contributed by atoms with Crippen LogP contribution in [0.2, 0.25) is 0 Å². The van der Waals surface area contributed by atoms with Crippen molar-refractivity contribution in [1.29, 1.82) is 0 Å². The lowest BCUT2D eigenvalue weighted by molar-refractivity contribution is 0.0279. The fourth-order valence-corrected chi connectivity index (χ4v) is 4.08. The molecular formula is C18H36N2. The summed E-state index contributed by atoms with van der Waals surface area (Å²) in [6, 6.07) is 0.830. The molecule has 20 heavy (non-hydrogen) atoms.